The van der Waals surface area contributed by atoms with Crippen LogP contribution in [0.25, 0.3) is 11.0 Å². The van der Waals surface area contributed by atoms with E-state index in [1.54, 1.807) is 19.2 Å². The standard InChI is InChI=1S/C15H13ClN4O/c1-21-10-4-2-3-9(7-10)8-12-14-11(18-15(17)19-12)5-6-13(16)20-14/h2-7H,8H2,1H3,(H2,17,18,19). The number of benzene rings is 1. The van der Waals surface area contributed by atoms with Crippen LogP contribution in [0.2, 0.25) is 5.15 Å². The molecule has 0 unspecified atom stereocenters. The molecule has 3 aromatic rings. The van der Waals surface area contributed by atoms with Gasteiger partial charge in [0.1, 0.15) is 16.4 Å². The number of hydrogen-bond donors (Lipinski definition) is 1. The first-order valence-electron chi connectivity index (χ1n) is 6.37. The van der Waals surface area contributed by atoms with Crippen LogP contribution in [0.4, 0.5) is 5.95 Å². The second kappa shape index (κ2) is 5.54. The molecule has 0 saturated carbocycles. The van der Waals surface area contributed by atoms with E-state index in [2.05, 4.69) is 15.0 Å². The van der Waals surface area contributed by atoms with Crippen LogP contribution in [-0.4, -0.2) is 22.1 Å². The molecule has 0 fully saturated rings. The van der Waals surface area contributed by atoms with E-state index in [0.717, 1.165) is 17.0 Å². The van der Waals surface area contributed by atoms with E-state index in [1.165, 1.54) is 0 Å². The molecular formula is C15H13ClN4O. The molecule has 106 valence electrons. The van der Waals surface area contributed by atoms with Crippen LogP contribution >= 0.6 is 11.6 Å². The first-order valence-corrected chi connectivity index (χ1v) is 6.75. The fourth-order valence-corrected chi connectivity index (χ4v) is 2.32. The first kappa shape index (κ1) is 13.6. The number of nitrogens with two attached hydrogens (primary N) is 1. The van der Waals surface area contributed by atoms with Crippen molar-refractivity contribution in [3.8, 4) is 5.75 Å². The van der Waals surface area contributed by atoms with E-state index in [4.69, 9.17) is 22.1 Å². The molecule has 2 aromatic heterocycles. The van der Waals surface area contributed by atoms with Gasteiger partial charge < -0.3 is 10.5 Å². The van der Waals surface area contributed by atoms with Gasteiger partial charge in [0.2, 0.25) is 5.95 Å². The van der Waals surface area contributed by atoms with Crippen LogP contribution < -0.4 is 10.5 Å². The van der Waals surface area contributed by atoms with Gasteiger partial charge in [-0.2, -0.15) is 0 Å². The van der Waals surface area contributed by atoms with Gasteiger partial charge in [-0.15, -0.1) is 0 Å². The maximum absolute atomic E-state index is 5.96. The highest BCUT2D eigenvalue weighted by Gasteiger charge is 2.10. The molecule has 2 N–H and O–H groups in total. The van der Waals surface area contributed by atoms with Gasteiger partial charge in [0, 0.05) is 6.42 Å². The molecule has 21 heavy (non-hydrogen) atoms. The van der Waals surface area contributed by atoms with Crippen molar-refractivity contribution in [3.63, 3.8) is 0 Å². The number of methoxy groups -OCH3 is 1. The number of hydrogen-bond acceptors (Lipinski definition) is 5. The predicted molar refractivity (Wildman–Crippen MR) is 82.6 cm³/mol. The van der Waals surface area contributed by atoms with Crippen LogP contribution in [0.15, 0.2) is 36.4 Å². The molecule has 0 atom stereocenters. The minimum atomic E-state index is 0.226. The summed E-state index contributed by atoms with van der Waals surface area (Å²) in [5, 5.41) is 0.405. The Morgan fingerprint density at radius 3 is 2.81 bits per heavy atom. The summed E-state index contributed by atoms with van der Waals surface area (Å²) < 4.78 is 5.23. The van der Waals surface area contributed by atoms with Gasteiger partial charge in [-0.25, -0.2) is 15.0 Å². The smallest absolute Gasteiger partial charge is 0.220 e. The number of pyridine rings is 1. The molecule has 0 aliphatic heterocycles. The zero-order valence-corrected chi connectivity index (χ0v) is 12.1. The number of nitrogens with zero attached hydrogens (tertiary/aromatic N) is 3. The third-order valence-electron chi connectivity index (χ3n) is 3.10. The molecule has 3 rings (SSSR count). The lowest BCUT2D eigenvalue weighted by atomic mass is 10.1. The lowest BCUT2D eigenvalue weighted by molar-refractivity contribution is 0.414. The number of ether oxygens (including phenoxy) is 1. The van der Waals surface area contributed by atoms with Crippen LogP contribution in [0.1, 0.15) is 11.3 Å². The molecule has 1 aromatic carbocycles. The van der Waals surface area contributed by atoms with Crippen molar-refractivity contribution in [2.24, 2.45) is 0 Å². The summed E-state index contributed by atoms with van der Waals surface area (Å²) in [6, 6.07) is 11.3. The van der Waals surface area contributed by atoms with Crippen molar-refractivity contribution in [1.29, 1.82) is 0 Å². The van der Waals surface area contributed by atoms with Gasteiger partial charge in [0.15, 0.2) is 0 Å². The third kappa shape index (κ3) is 2.87. The largest absolute Gasteiger partial charge is 0.497 e. The second-order valence-electron chi connectivity index (χ2n) is 4.56. The van der Waals surface area contributed by atoms with E-state index in [1.807, 2.05) is 24.3 Å². The van der Waals surface area contributed by atoms with Crippen molar-refractivity contribution in [1.82, 2.24) is 15.0 Å². The molecule has 5 nitrogen and oxygen atoms in total. The summed E-state index contributed by atoms with van der Waals surface area (Å²) in [6.45, 7) is 0. The Bertz CT molecular complexity index is 807. The molecule has 6 heteroatoms. The Balaban J connectivity index is 2.08. The second-order valence-corrected chi connectivity index (χ2v) is 4.95. The Morgan fingerprint density at radius 2 is 2.00 bits per heavy atom. The van der Waals surface area contributed by atoms with Crippen molar-refractivity contribution >= 4 is 28.6 Å². The highest BCUT2D eigenvalue weighted by atomic mass is 35.5. The van der Waals surface area contributed by atoms with Crippen molar-refractivity contribution in [3.05, 3.63) is 52.8 Å². The van der Waals surface area contributed by atoms with E-state index in [9.17, 15) is 0 Å². The fraction of sp³-hybridized carbons (Fsp3) is 0.133. The zero-order chi connectivity index (χ0) is 14.8. The summed E-state index contributed by atoms with van der Waals surface area (Å²) in [6.07, 6.45) is 0.577. The molecular weight excluding hydrogens is 288 g/mol. The Hall–Kier alpha value is -2.40. The average Bonchev–Trinajstić information content (AvgIpc) is 2.48. The van der Waals surface area contributed by atoms with Gasteiger partial charge >= 0.3 is 0 Å². The number of fused-ring (bicyclic) bond motifs is 1. The molecule has 0 spiro atoms. The fourth-order valence-electron chi connectivity index (χ4n) is 2.17. The van der Waals surface area contributed by atoms with E-state index in [0.29, 0.717) is 22.6 Å². The van der Waals surface area contributed by atoms with Crippen molar-refractivity contribution < 1.29 is 4.74 Å². The number of nitrogen functional groups attached to an aromatic ring is 1. The number of aromatic nitrogens is 3. The maximum Gasteiger partial charge on any atom is 0.220 e. The molecule has 0 radical (unpaired) electrons. The quantitative estimate of drug-likeness (QED) is 0.753. The number of anilines is 1. The van der Waals surface area contributed by atoms with Crippen LogP contribution in [-0.2, 0) is 6.42 Å². The minimum Gasteiger partial charge on any atom is -0.497 e. The average molecular weight is 301 g/mol. The molecule has 0 amide bonds. The summed E-state index contributed by atoms with van der Waals surface area (Å²) in [7, 11) is 1.64. The third-order valence-corrected chi connectivity index (χ3v) is 3.31. The first-order chi connectivity index (χ1) is 10.2. The Labute approximate surface area is 126 Å². The van der Waals surface area contributed by atoms with E-state index >= 15 is 0 Å². The number of rotatable bonds is 3. The van der Waals surface area contributed by atoms with Crippen LogP contribution in [0, 0.1) is 0 Å². The normalized spacial score (nSPS) is 10.8. The minimum absolute atomic E-state index is 0.226. The van der Waals surface area contributed by atoms with Gasteiger partial charge in [-0.3, -0.25) is 0 Å². The lowest BCUT2D eigenvalue weighted by Gasteiger charge is -2.07. The van der Waals surface area contributed by atoms with Gasteiger partial charge in [-0.1, -0.05) is 23.7 Å². The van der Waals surface area contributed by atoms with Crippen molar-refractivity contribution in [2.75, 3.05) is 12.8 Å². The van der Waals surface area contributed by atoms with Gasteiger partial charge in [-0.05, 0) is 29.8 Å². The maximum atomic E-state index is 5.96. The molecule has 0 saturated heterocycles. The Morgan fingerprint density at radius 1 is 1.14 bits per heavy atom. The predicted octanol–water partition coefficient (Wildman–Crippen LogP) is 2.86. The zero-order valence-electron chi connectivity index (χ0n) is 11.4. The summed E-state index contributed by atoms with van der Waals surface area (Å²) in [5.41, 5.74) is 8.91. The van der Waals surface area contributed by atoms with Crippen LogP contribution in [0.5, 0.6) is 5.75 Å². The molecule has 0 bridgehead atoms. The topological polar surface area (TPSA) is 73.9 Å². The molecule has 2 heterocycles. The highest BCUT2D eigenvalue weighted by molar-refractivity contribution is 6.29. The summed E-state index contributed by atoms with van der Waals surface area (Å²) in [5.74, 6) is 1.02. The molecule has 0 aliphatic carbocycles. The summed E-state index contributed by atoms with van der Waals surface area (Å²) in [4.78, 5) is 12.8. The van der Waals surface area contributed by atoms with E-state index < -0.39 is 0 Å². The number of halogens is 1. The van der Waals surface area contributed by atoms with E-state index in [-0.39, 0.29) is 5.95 Å². The summed E-state index contributed by atoms with van der Waals surface area (Å²) >= 11 is 5.96. The molecule has 0 aliphatic rings. The van der Waals surface area contributed by atoms with Crippen molar-refractivity contribution in [2.45, 2.75) is 6.42 Å². The lowest BCUT2D eigenvalue weighted by Crippen LogP contribution is -2.03. The SMILES string of the molecule is COc1cccc(Cc2nc(N)nc3ccc(Cl)nc23)c1. The Kier molecular flexibility index (Phi) is 3.58. The van der Waals surface area contributed by atoms with Gasteiger partial charge in [0.05, 0.1) is 18.3 Å². The highest BCUT2D eigenvalue weighted by Crippen LogP contribution is 2.21. The monoisotopic (exact) mass is 300 g/mol. The van der Waals surface area contributed by atoms with Crippen LogP contribution in [0.3, 0.4) is 0 Å². The van der Waals surface area contributed by atoms with Gasteiger partial charge in [0.25, 0.3) is 0 Å².